The monoisotopic (exact) mass is 267 g/mol. The number of piperidine rings is 1. The summed E-state index contributed by atoms with van der Waals surface area (Å²) in [5, 5.41) is 0.332. The average molecular weight is 268 g/mol. The molecule has 2 N–H and O–H groups in total. The van der Waals surface area contributed by atoms with Gasteiger partial charge in [-0.1, -0.05) is 18.5 Å². The van der Waals surface area contributed by atoms with E-state index in [9.17, 15) is 4.79 Å². The van der Waals surface area contributed by atoms with E-state index in [2.05, 4.69) is 18.8 Å². The molecule has 98 valence electrons. The summed E-state index contributed by atoms with van der Waals surface area (Å²) in [4.78, 5) is 18.2. The predicted octanol–water partition coefficient (Wildman–Crippen LogP) is 2.58. The molecule has 0 aromatic carbocycles. The molecule has 1 aromatic heterocycles. The van der Waals surface area contributed by atoms with Crippen molar-refractivity contribution < 1.29 is 4.79 Å². The summed E-state index contributed by atoms with van der Waals surface area (Å²) in [5.41, 5.74) is 6.06. The fourth-order valence-corrected chi connectivity index (χ4v) is 2.47. The van der Waals surface area contributed by atoms with E-state index in [0.717, 1.165) is 13.0 Å². The number of hydrogen-bond donors (Lipinski definition) is 1. The van der Waals surface area contributed by atoms with Crippen LogP contribution < -0.4 is 5.73 Å². The largest absolute Gasteiger partial charge is 0.382 e. The van der Waals surface area contributed by atoms with Crippen molar-refractivity contribution in [1.29, 1.82) is 0 Å². The molecule has 1 aliphatic rings. The highest BCUT2D eigenvalue weighted by atomic mass is 35.5. The SMILES string of the molecule is CC1CCC(C)N(C(=O)c2cnc(N)c(Cl)c2)C1. The minimum Gasteiger partial charge on any atom is -0.382 e. The molecule has 1 amide bonds. The van der Waals surface area contributed by atoms with Gasteiger partial charge in [0.1, 0.15) is 5.82 Å². The summed E-state index contributed by atoms with van der Waals surface area (Å²) >= 11 is 5.90. The maximum atomic E-state index is 12.4. The zero-order valence-corrected chi connectivity index (χ0v) is 11.4. The highest BCUT2D eigenvalue weighted by Gasteiger charge is 2.27. The number of nitrogens with two attached hydrogens (primary N) is 1. The number of carbonyl (C=O) groups is 1. The molecule has 1 aromatic rings. The van der Waals surface area contributed by atoms with Crippen LogP contribution in [0.15, 0.2) is 12.3 Å². The Morgan fingerprint density at radius 2 is 2.22 bits per heavy atom. The number of pyridine rings is 1. The molecule has 2 heterocycles. The van der Waals surface area contributed by atoms with E-state index in [-0.39, 0.29) is 17.8 Å². The topological polar surface area (TPSA) is 59.2 Å². The number of hydrogen-bond acceptors (Lipinski definition) is 3. The van der Waals surface area contributed by atoms with Gasteiger partial charge in [-0.3, -0.25) is 4.79 Å². The maximum absolute atomic E-state index is 12.4. The summed E-state index contributed by atoms with van der Waals surface area (Å²) in [5.74, 6) is 0.791. The van der Waals surface area contributed by atoms with Crippen LogP contribution in [0, 0.1) is 5.92 Å². The Balaban J connectivity index is 2.21. The molecule has 18 heavy (non-hydrogen) atoms. The van der Waals surface area contributed by atoms with E-state index in [0.29, 0.717) is 16.5 Å². The van der Waals surface area contributed by atoms with Crippen LogP contribution in [0.25, 0.3) is 0 Å². The number of anilines is 1. The van der Waals surface area contributed by atoms with Gasteiger partial charge < -0.3 is 10.6 Å². The van der Waals surface area contributed by atoms with Crippen molar-refractivity contribution >= 4 is 23.3 Å². The van der Waals surface area contributed by atoms with Crippen molar-refractivity contribution in [2.24, 2.45) is 5.92 Å². The van der Waals surface area contributed by atoms with Gasteiger partial charge in [-0.05, 0) is 31.7 Å². The van der Waals surface area contributed by atoms with Crippen molar-refractivity contribution in [1.82, 2.24) is 9.88 Å². The molecule has 1 fully saturated rings. The van der Waals surface area contributed by atoms with E-state index < -0.39 is 0 Å². The number of aromatic nitrogens is 1. The molecule has 0 radical (unpaired) electrons. The second-order valence-electron chi connectivity index (χ2n) is 5.08. The molecule has 1 aliphatic heterocycles. The first-order valence-electron chi connectivity index (χ1n) is 6.21. The van der Waals surface area contributed by atoms with Crippen LogP contribution in [-0.2, 0) is 0 Å². The van der Waals surface area contributed by atoms with Gasteiger partial charge in [-0.15, -0.1) is 0 Å². The van der Waals surface area contributed by atoms with Crippen molar-refractivity contribution in [2.45, 2.75) is 32.7 Å². The van der Waals surface area contributed by atoms with E-state index in [1.807, 2.05) is 4.90 Å². The Bertz CT molecular complexity index is 464. The fourth-order valence-electron chi connectivity index (χ4n) is 2.30. The second-order valence-corrected chi connectivity index (χ2v) is 5.49. The van der Waals surface area contributed by atoms with E-state index >= 15 is 0 Å². The Labute approximate surface area is 112 Å². The highest BCUT2D eigenvalue weighted by molar-refractivity contribution is 6.33. The van der Waals surface area contributed by atoms with E-state index in [4.69, 9.17) is 17.3 Å². The first-order chi connectivity index (χ1) is 8.49. The molecule has 0 bridgehead atoms. The summed E-state index contributed by atoms with van der Waals surface area (Å²) < 4.78 is 0. The third-order valence-electron chi connectivity index (χ3n) is 3.50. The van der Waals surface area contributed by atoms with Gasteiger partial charge in [0.2, 0.25) is 0 Å². The summed E-state index contributed by atoms with van der Waals surface area (Å²) in [6, 6.07) is 1.86. The minimum atomic E-state index is -0.0107. The third kappa shape index (κ3) is 2.58. The highest BCUT2D eigenvalue weighted by Crippen LogP contribution is 2.24. The quantitative estimate of drug-likeness (QED) is 0.851. The number of likely N-dealkylation sites (tertiary alicyclic amines) is 1. The number of nitrogens with zero attached hydrogens (tertiary/aromatic N) is 2. The number of rotatable bonds is 1. The van der Waals surface area contributed by atoms with Gasteiger partial charge in [0, 0.05) is 18.8 Å². The second kappa shape index (κ2) is 5.14. The molecule has 2 rings (SSSR count). The lowest BCUT2D eigenvalue weighted by molar-refractivity contribution is 0.0573. The van der Waals surface area contributed by atoms with Crippen LogP contribution in [0.3, 0.4) is 0 Å². The summed E-state index contributed by atoms with van der Waals surface area (Å²) in [6.07, 6.45) is 3.71. The lowest BCUT2D eigenvalue weighted by Crippen LogP contribution is -2.44. The van der Waals surface area contributed by atoms with E-state index in [1.165, 1.54) is 12.6 Å². The van der Waals surface area contributed by atoms with Crippen LogP contribution in [0.4, 0.5) is 5.82 Å². The molecule has 4 nitrogen and oxygen atoms in total. The standard InChI is InChI=1S/C13H18ClN3O/c1-8-3-4-9(2)17(7-8)13(18)10-5-11(14)12(15)16-6-10/h5-6,8-9H,3-4,7H2,1-2H3,(H2,15,16). The number of halogens is 1. The average Bonchev–Trinajstić information content (AvgIpc) is 2.35. The van der Waals surface area contributed by atoms with Gasteiger partial charge >= 0.3 is 0 Å². The molecule has 1 saturated heterocycles. The zero-order chi connectivity index (χ0) is 13.3. The first-order valence-corrected chi connectivity index (χ1v) is 6.59. The maximum Gasteiger partial charge on any atom is 0.255 e. The minimum absolute atomic E-state index is 0.0107. The summed E-state index contributed by atoms with van der Waals surface area (Å²) in [7, 11) is 0. The third-order valence-corrected chi connectivity index (χ3v) is 3.80. The lowest BCUT2D eigenvalue weighted by atomic mass is 9.94. The first kappa shape index (κ1) is 13.1. The predicted molar refractivity (Wildman–Crippen MR) is 72.6 cm³/mol. The Hall–Kier alpha value is -1.29. The fraction of sp³-hybridized carbons (Fsp3) is 0.538. The Kier molecular flexibility index (Phi) is 3.76. The van der Waals surface area contributed by atoms with Gasteiger partial charge in [-0.2, -0.15) is 0 Å². The van der Waals surface area contributed by atoms with Crippen molar-refractivity contribution in [2.75, 3.05) is 12.3 Å². The Morgan fingerprint density at radius 1 is 1.50 bits per heavy atom. The van der Waals surface area contributed by atoms with Crippen LogP contribution in [0.5, 0.6) is 0 Å². The molecule has 2 unspecified atom stereocenters. The van der Waals surface area contributed by atoms with Crippen LogP contribution in [0.1, 0.15) is 37.0 Å². The Morgan fingerprint density at radius 3 is 2.89 bits per heavy atom. The van der Waals surface area contributed by atoms with E-state index in [1.54, 1.807) is 6.07 Å². The molecular weight excluding hydrogens is 250 g/mol. The van der Waals surface area contributed by atoms with Crippen molar-refractivity contribution in [3.05, 3.63) is 22.8 Å². The molecule has 2 atom stereocenters. The molecule has 5 heteroatoms. The molecule has 0 spiro atoms. The van der Waals surface area contributed by atoms with Crippen molar-refractivity contribution in [3.63, 3.8) is 0 Å². The van der Waals surface area contributed by atoms with Gasteiger partial charge in [0.15, 0.2) is 0 Å². The van der Waals surface area contributed by atoms with Crippen molar-refractivity contribution in [3.8, 4) is 0 Å². The van der Waals surface area contributed by atoms with Crippen LogP contribution in [0.2, 0.25) is 5.02 Å². The van der Waals surface area contributed by atoms with Crippen LogP contribution >= 0.6 is 11.6 Å². The lowest BCUT2D eigenvalue weighted by Gasteiger charge is -2.36. The van der Waals surface area contributed by atoms with Crippen LogP contribution in [-0.4, -0.2) is 28.4 Å². The number of amides is 1. The number of carbonyl (C=O) groups excluding carboxylic acids is 1. The van der Waals surface area contributed by atoms with Gasteiger partial charge in [0.05, 0.1) is 10.6 Å². The zero-order valence-electron chi connectivity index (χ0n) is 10.7. The number of nitrogen functional groups attached to an aromatic ring is 1. The molecular formula is C13H18ClN3O. The van der Waals surface area contributed by atoms with Gasteiger partial charge in [0.25, 0.3) is 5.91 Å². The normalized spacial score (nSPS) is 24.1. The summed E-state index contributed by atoms with van der Waals surface area (Å²) in [6.45, 7) is 5.04. The smallest absolute Gasteiger partial charge is 0.255 e. The van der Waals surface area contributed by atoms with Gasteiger partial charge in [-0.25, -0.2) is 4.98 Å². The molecule has 0 aliphatic carbocycles. The molecule has 0 saturated carbocycles.